The van der Waals surface area contributed by atoms with Crippen molar-refractivity contribution < 1.29 is 14.4 Å². The van der Waals surface area contributed by atoms with E-state index in [1.165, 1.54) is 13.0 Å². The number of aliphatic hydroxyl groups is 1. The molecule has 6 heteroatoms. The highest BCUT2D eigenvalue weighted by Crippen LogP contribution is 2.28. The summed E-state index contributed by atoms with van der Waals surface area (Å²) in [5, 5.41) is 23.0. The van der Waals surface area contributed by atoms with E-state index in [-0.39, 0.29) is 29.9 Å². The minimum absolute atomic E-state index is 0.0972. The first kappa shape index (κ1) is 14.4. The second-order valence-electron chi connectivity index (χ2n) is 4.55. The van der Waals surface area contributed by atoms with Crippen molar-refractivity contribution in [3.8, 4) is 0 Å². The number of halogens is 1. The van der Waals surface area contributed by atoms with Crippen LogP contribution in [0.1, 0.15) is 19.4 Å². The standard InChI is InChI=1S/C12H17FN2O3/c1-7(2)11(6-16)14-10-4-8(3)9(13)5-12(10)15(17)18/h4-5,7,11,14,16H,6H2,1-3H3. The quantitative estimate of drug-likeness (QED) is 0.627. The van der Waals surface area contributed by atoms with Gasteiger partial charge in [0.05, 0.1) is 23.6 Å². The fourth-order valence-corrected chi connectivity index (χ4v) is 1.56. The van der Waals surface area contributed by atoms with Gasteiger partial charge in [0, 0.05) is 0 Å². The maximum atomic E-state index is 13.3. The molecule has 1 aromatic carbocycles. The lowest BCUT2D eigenvalue weighted by Gasteiger charge is -2.21. The Labute approximate surface area is 105 Å². The monoisotopic (exact) mass is 256 g/mol. The molecule has 5 nitrogen and oxygen atoms in total. The van der Waals surface area contributed by atoms with Gasteiger partial charge in [0.1, 0.15) is 11.5 Å². The molecule has 0 saturated carbocycles. The van der Waals surface area contributed by atoms with E-state index in [0.717, 1.165) is 6.07 Å². The van der Waals surface area contributed by atoms with Crippen LogP contribution >= 0.6 is 0 Å². The van der Waals surface area contributed by atoms with Gasteiger partial charge in [0.25, 0.3) is 5.69 Å². The number of aryl methyl sites for hydroxylation is 1. The molecule has 1 rings (SSSR count). The average molecular weight is 256 g/mol. The van der Waals surface area contributed by atoms with Crippen LogP contribution in [-0.2, 0) is 0 Å². The van der Waals surface area contributed by atoms with Crippen molar-refractivity contribution in [1.29, 1.82) is 0 Å². The molecule has 18 heavy (non-hydrogen) atoms. The smallest absolute Gasteiger partial charge is 0.295 e. The number of rotatable bonds is 5. The zero-order valence-electron chi connectivity index (χ0n) is 10.6. The molecule has 0 aliphatic heterocycles. The van der Waals surface area contributed by atoms with Gasteiger partial charge in [-0.05, 0) is 24.5 Å². The van der Waals surface area contributed by atoms with Gasteiger partial charge in [-0.2, -0.15) is 0 Å². The highest BCUT2D eigenvalue weighted by Gasteiger charge is 2.20. The van der Waals surface area contributed by atoms with Crippen LogP contribution in [0.25, 0.3) is 0 Å². The highest BCUT2D eigenvalue weighted by molar-refractivity contribution is 5.63. The molecular formula is C12H17FN2O3. The number of nitro groups is 1. The number of nitro benzene ring substituents is 1. The summed E-state index contributed by atoms with van der Waals surface area (Å²) in [6, 6.07) is 1.97. The van der Waals surface area contributed by atoms with Gasteiger partial charge in [-0.1, -0.05) is 13.8 Å². The molecule has 0 spiro atoms. The molecule has 0 saturated heterocycles. The van der Waals surface area contributed by atoms with E-state index >= 15 is 0 Å². The summed E-state index contributed by atoms with van der Waals surface area (Å²) in [6.45, 7) is 5.16. The number of nitrogens with zero attached hydrogens (tertiary/aromatic N) is 1. The normalized spacial score (nSPS) is 12.6. The summed E-state index contributed by atoms with van der Waals surface area (Å²) in [5.41, 5.74) is 0.229. The minimum atomic E-state index is -0.639. The van der Waals surface area contributed by atoms with E-state index in [1.54, 1.807) is 0 Å². The Morgan fingerprint density at radius 3 is 2.56 bits per heavy atom. The van der Waals surface area contributed by atoms with Crippen LogP contribution < -0.4 is 5.32 Å². The SMILES string of the molecule is Cc1cc(NC(CO)C(C)C)c([N+](=O)[O-])cc1F. The van der Waals surface area contributed by atoms with Crippen LogP contribution in [0.5, 0.6) is 0 Å². The number of benzene rings is 1. The molecule has 1 aromatic rings. The second-order valence-corrected chi connectivity index (χ2v) is 4.55. The molecule has 0 radical (unpaired) electrons. The van der Waals surface area contributed by atoms with E-state index in [1.807, 2.05) is 13.8 Å². The molecule has 0 aliphatic carbocycles. The lowest BCUT2D eigenvalue weighted by Crippen LogP contribution is -2.29. The molecule has 100 valence electrons. The van der Waals surface area contributed by atoms with Gasteiger partial charge in [-0.3, -0.25) is 10.1 Å². The highest BCUT2D eigenvalue weighted by atomic mass is 19.1. The van der Waals surface area contributed by atoms with Gasteiger partial charge in [-0.25, -0.2) is 4.39 Å². The Balaban J connectivity index is 3.14. The van der Waals surface area contributed by atoms with Crippen molar-refractivity contribution in [2.75, 3.05) is 11.9 Å². The van der Waals surface area contributed by atoms with Crippen LogP contribution in [0.15, 0.2) is 12.1 Å². The van der Waals surface area contributed by atoms with Crippen molar-refractivity contribution in [3.05, 3.63) is 33.6 Å². The molecule has 0 aliphatic rings. The largest absolute Gasteiger partial charge is 0.394 e. The predicted molar refractivity (Wildman–Crippen MR) is 67.1 cm³/mol. The Kier molecular flexibility index (Phi) is 4.61. The number of hydrogen-bond acceptors (Lipinski definition) is 4. The summed E-state index contributed by atoms with van der Waals surface area (Å²) in [4.78, 5) is 10.2. The van der Waals surface area contributed by atoms with Crippen LogP contribution in [0, 0.1) is 28.8 Å². The maximum absolute atomic E-state index is 13.3. The minimum Gasteiger partial charge on any atom is -0.394 e. The number of hydrogen-bond donors (Lipinski definition) is 2. The first-order valence-electron chi connectivity index (χ1n) is 5.68. The fourth-order valence-electron chi connectivity index (χ4n) is 1.56. The summed E-state index contributed by atoms with van der Waals surface area (Å²) < 4.78 is 13.3. The molecule has 1 atom stereocenters. The number of nitrogens with one attached hydrogen (secondary N) is 1. The molecular weight excluding hydrogens is 239 g/mol. The Morgan fingerprint density at radius 2 is 2.11 bits per heavy atom. The number of anilines is 1. The zero-order chi connectivity index (χ0) is 13.9. The molecule has 0 aromatic heterocycles. The first-order valence-corrected chi connectivity index (χ1v) is 5.68. The Hall–Kier alpha value is -1.69. The maximum Gasteiger partial charge on any atom is 0.295 e. The average Bonchev–Trinajstić information content (AvgIpc) is 2.29. The molecule has 0 fully saturated rings. The van der Waals surface area contributed by atoms with Crippen LogP contribution in [0.2, 0.25) is 0 Å². The third kappa shape index (κ3) is 3.16. The van der Waals surface area contributed by atoms with E-state index in [2.05, 4.69) is 5.32 Å². The van der Waals surface area contributed by atoms with Crippen molar-refractivity contribution in [2.24, 2.45) is 5.92 Å². The molecule has 0 heterocycles. The van der Waals surface area contributed by atoms with E-state index < -0.39 is 10.7 Å². The second kappa shape index (κ2) is 5.77. The van der Waals surface area contributed by atoms with Crippen molar-refractivity contribution in [2.45, 2.75) is 26.8 Å². The lowest BCUT2D eigenvalue weighted by molar-refractivity contribution is -0.384. The van der Waals surface area contributed by atoms with E-state index in [0.29, 0.717) is 5.56 Å². The zero-order valence-corrected chi connectivity index (χ0v) is 10.6. The molecule has 2 N–H and O–H groups in total. The van der Waals surface area contributed by atoms with Crippen molar-refractivity contribution in [1.82, 2.24) is 0 Å². The Morgan fingerprint density at radius 1 is 1.50 bits per heavy atom. The van der Waals surface area contributed by atoms with Crippen LogP contribution in [0.3, 0.4) is 0 Å². The Bertz CT molecular complexity index is 449. The summed E-state index contributed by atoms with van der Waals surface area (Å²) in [5.74, 6) is -0.516. The summed E-state index contributed by atoms with van der Waals surface area (Å²) in [6.07, 6.45) is 0. The fraction of sp³-hybridized carbons (Fsp3) is 0.500. The van der Waals surface area contributed by atoms with E-state index in [9.17, 15) is 19.6 Å². The molecule has 0 bridgehead atoms. The molecule has 0 amide bonds. The number of aliphatic hydroxyl groups excluding tert-OH is 1. The summed E-state index contributed by atoms with van der Waals surface area (Å²) in [7, 11) is 0. The van der Waals surface area contributed by atoms with Crippen LogP contribution in [0.4, 0.5) is 15.8 Å². The third-order valence-corrected chi connectivity index (χ3v) is 2.82. The van der Waals surface area contributed by atoms with Gasteiger partial charge in [0.15, 0.2) is 0 Å². The van der Waals surface area contributed by atoms with Crippen molar-refractivity contribution >= 4 is 11.4 Å². The van der Waals surface area contributed by atoms with Crippen molar-refractivity contribution in [3.63, 3.8) is 0 Å². The summed E-state index contributed by atoms with van der Waals surface area (Å²) >= 11 is 0. The predicted octanol–water partition coefficient (Wildman–Crippen LogP) is 2.47. The first-order chi connectivity index (χ1) is 8.36. The van der Waals surface area contributed by atoms with Gasteiger partial charge >= 0.3 is 0 Å². The van der Waals surface area contributed by atoms with Gasteiger partial charge < -0.3 is 10.4 Å². The molecule has 1 unspecified atom stereocenters. The van der Waals surface area contributed by atoms with Gasteiger partial charge in [-0.15, -0.1) is 0 Å². The lowest BCUT2D eigenvalue weighted by atomic mass is 10.0. The topological polar surface area (TPSA) is 75.4 Å². The van der Waals surface area contributed by atoms with Crippen LogP contribution in [-0.4, -0.2) is 22.7 Å². The van der Waals surface area contributed by atoms with Gasteiger partial charge in [0.2, 0.25) is 0 Å². The van der Waals surface area contributed by atoms with E-state index in [4.69, 9.17) is 0 Å². The third-order valence-electron chi connectivity index (χ3n) is 2.82.